The van der Waals surface area contributed by atoms with Gasteiger partial charge in [-0.1, -0.05) is 6.07 Å². The third-order valence-corrected chi connectivity index (χ3v) is 5.31. The Labute approximate surface area is 155 Å². The lowest BCUT2D eigenvalue weighted by atomic mass is 9.97. The summed E-state index contributed by atoms with van der Waals surface area (Å²) in [5.74, 6) is -0.981. The molecule has 1 atom stereocenters. The van der Waals surface area contributed by atoms with Crippen LogP contribution < -0.4 is 4.74 Å². The van der Waals surface area contributed by atoms with Gasteiger partial charge in [0.15, 0.2) is 0 Å². The SMILES string of the molecule is Cc1ccc(COc2cc(C#N)c3c(C(C)C(=O)O)csc3c2)c(C)n1. The molecule has 0 bridgehead atoms. The number of aryl methyl sites for hydroxylation is 2. The van der Waals surface area contributed by atoms with Crippen LogP contribution in [0.1, 0.15) is 40.9 Å². The predicted octanol–water partition coefficient (Wildman–Crippen LogP) is 4.55. The van der Waals surface area contributed by atoms with Gasteiger partial charge in [0, 0.05) is 27.0 Å². The second-order valence-electron chi connectivity index (χ2n) is 6.19. The first-order chi connectivity index (χ1) is 12.4. The topological polar surface area (TPSA) is 83.2 Å². The van der Waals surface area contributed by atoms with Gasteiger partial charge >= 0.3 is 5.97 Å². The van der Waals surface area contributed by atoms with Gasteiger partial charge in [-0.25, -0.2) is 0 Å². The molecule has 3 aromatic rings. The summed E-state index contributed by atoms with van der Waals surface area (Å²) in [4.78, 5) is 15.7. The number of carbonyl (C=O) groups is 1. The van der Waals surface area contributed by atoms with Gasteiger partial charge < -0.3 is 9.84 Å². The smallest absolute Gasteiger partial charge is 0.310 e. The van der Waals surface area contributed by atoms with Gasteiger partial charge in [0.2, 0.25) is 0 Å². The number of nitrogens with zero attached hydrogens (tertiary/aromatic N) is 2. The third-order valence-electron chi connectivity index (χ3n) is 4.36. The fourth-order valence-corrected chi connectivity index (χ4v) is 3.92. The van der Waals surface area contributed by atoms with Crippen molar-refractivity contribution in [3.8, 4) is 11.8 Å². The maximum absolute atomic E-state index is 11.3. The van der Waals surface area contributed by atoms with Crippen molar-refractivity contribution in [3.63, 3.8) is 0 Å². The molecule has 0 aliphatic carbocycles. The molecule has 6 heteroatoms. The molecule has 1 aromatic carbocycles. The van der Waals surface area contributed by atoms with Crippen molar-refractivity contribution < 1.29 is 14.6 Å². The van der Waals surface area contributed by atoms with E-state index in [-0.39, 0.29) is 0 Å². The summed E-state index contributed by atoms with van der Waals surface area (Å²) < 4.78 is 6.73. The number of aromatic nitrogens is 1. The Morgan fingerprint density at radius 1 is 1.38 bits per heavy atom. The number of carboxylic acids is 1. The zero-order valence-electron chi connectivity index (χ0n) is 14.7. The molecule has 2 aromatic heterocycles. The van der Waals surface area contributed by atoms with E-state index >= 15 is 0 Å². The van der Waals surface area contributed by atoms with Gasteiger partial charge in [0.05, 0.1) is 17.6 Å². The van der Waals surface area contributed by atoms with Crippen LogP contribution in [0, 0.1) is 25.2 Å². The molecule has 26 heavy (non-hydrogen) atoms. The van der Waals surface area contributed by atoms with E-state index in [1.165, 1.54) is 11.3 Å². The second kappa shape index (κ2) is 7.14. The Balaban J connectivity index is 1.93. The Morgan fingerprint density at radius 3 is 2.81 bits per heavy atom. The third kappa shape index (κ3) is 3.39. The van der Waals surface area contributed by atoms with Crippen LogP contribution in [0.15, 0.2) is 29.6 Å². The minimum atomic E-state index is -0.906. The molecule has 0 aliphatic heterocycles. The van der Waals surface area contributed by atoms with E-state index in [1.807, 2.05) is 37.4 Å². The average molecular weight is 366 g/mol. The number of pyridine rings is 1. The minimum absolute atomic E-state index is 0.360. The van der Waals surface area contributed by atoms with Crippen molar-refractivity contribution in [1.82, 2.24) is 4.98 Å². The summed E-state index contributed by atoms with van der Waals surface area (Å²) in [6, 6.07) is 9.62. The number of ether oxygens (including phenoxy) is 1. The zero-order chi connectivity index (χ0) is 18.8. The van der Waals surface area contributed by atoms with E-state index < -0.39 is 11.9 Å². The first-order valence-electron chi connectivity index (χ1n) is 8.14. The molecule has 0 saturated heterocycles. The summed E-state index contributed by atoms with van der Waals surface area (Å²) in [5, 5.41) is 21.3. The van der Waals surface area contributed by atoms with E-state index in [0.29, 0.717) is 28.9 Å². The molecule has 3 rings (SSSR count). The van der Waals surface area contributed by atoms with Gasteiger partial charge in [-0.05, 0) is 49.9 Å². The lowest BCUT2D eigenvalue weighted by molar-refractivity contribution is -0.138. The zero-order valence-corrected chi connectivity index (χ0v) is 15.6. The number of fused-ring (bicyclic) bond motifs is 1. The van der Waals surface area contributed by atoms with E-state index in [9.17, 15) is 15.2 Å². The summed E-state index contributed by atoms with van der Waals surface area (Å²) in [6.07, 6.45) is 0. The van der Waals surface area contributed by atoms with Crippen molar-refractivity contribution in [2.75, 3.05) is 0 Å². The number of hydrogen-bond acceptors (Lipinski definition) is 5. The lowest BCUT2D eigenvalue weighted by Crippen LogP contribution is -2.07. The molecule has 2 heterocycles. The number of thiophene rings is 1. The van der Waals surface area contributed by atoms with Gasteiger partial charge in [0.25, 0.3) is 0 Å². The number of nitriles is 1. The molecule has 1 N–H and O–H groups in total. The first-order valence-corrected chi connectivity index (χ1v) is 9.02. The summed E-state index contributed by atoms with van der Waals surface area (Å²) in [7, 11) is 0. The molecule has 5 nitrogen and oxygen atoms in total. The average Bonchev–Trinajstić information content (AvgIpc) is 3.03. The summed E-state index contributed by atoms with van der Waals surface area (Å²) >= 11 is 1.42. The van der Waals surface area contributed by atoms with Crippen molar-refractivity contribution in [3.05, 3.63) is 57.7 Å². The number of aliphatic carboxylic acids is 1. The van der Waals surface area contributed by atoms with Crippen LogP contribution in [0.3, 0.4) is 0 Å². The highest BCUT2D eigenvalue weighted by Gasteiger charge is 2.21. The number of carboxylic acid groups (broad SMARTS) is 1. The second-order valence-corrected chi connectivity index (χ2v) is 7.10. The first kappa shape index (κ1) is 17.9. The molecule has 132 valence electrons. The Kier molecular flexibility index (Phi) is 4.92. The Morgan fingerprint density at radius 2 is 2.15 bits per heavy atom. The number of hydrogen-bond donors (Lipinski definition) is 1. The standard InChI is InChI=1S/C20H18N2O3S/c1-11-4-5-14(13(3)22-11)9-25-16-6-15(8-21)19-17(12(2)20(23)24)10-26-18(19)7-16/h4-7,10,12H,9H2,1-3H3,(H,23,24). The van der Waals surface area contributed by atoms with Gasteiger partial charge in [-0.2, -0.15) is 5.26 Å². The fraction of sp³-hybridized carbons (Fsp3) is 0.250. The molecule has 0 radical (unpaired) electrons. The highest BCUT2D eigenvalue weighted by Crippen LogP contribution is 2.36. The van der Waals surface area contributed by atoms with Crippen molar-refractivity contribution in [2.45, 2.75) is 33.3 Å². The van der Waals surface area contributed by atoms with E-state index in [2.05, 4.69) is 11.1 Å². The van der Waals surface area contributed by atoms with Gasteiger partial charge in [0.1, 0.15) is 12.4 Å². The molecule has 1 unspecified atom stereocenters. The number of benzene rings is 1. The molecule has 0 spiro atoms. The van der Waals surface area contributed by atoms with E-state index in [1.54, 1.807) is 13.0 Å². The van der Waals surface area contributed by atoms with Crippen LogP contribution in [-0.4, -0.2) is 16.1 Å². The molecule has 0 aliphatic rings. The van der Waals surface area contributed by atoms with Gasteiger partial charge in [-0.15, -0.1) is 11.3 Å². The Bertz CT molecular complexity index is 1030. The lowest BCUT2D eigenvalue weighted by Gasteiger charge is -2.11. The Hall–Kier alpha value is -2.91. The van der Waals surface area contributed by atoms with Gasteiger partial charge in [-0.3, -0.25) is 9.78 Å². The maximum atomic E-state index is 11.3. The molecule has 0 amide bonds. The van der Waals surface area contributed by atoms with Crippen LogP contribution in [0.4, 0.5) is 0 Å². The fourth-order valence-electron chi connectivity index (χ4n) is 2.82. The molecular formula is C20H18N2O3S. The predicted molar refractivity (Wildman–Crippen MR) is 101 cm³/mol. The summed E-state index contributed by atoms with van der Waals surface area (Å²) in [6.45, 7) is 5.87. The van der Waals surface area contributed by atoms with Crippen molar-refractivity contribution in [1.29, 1.82) is 5.26 Å². The molecular weight excluding hydrogens is 348 g/mol. The van der Waals surface area contributed by atoms with Crippen molar-refractivity contribution in [2.24, 2.45) is 0 Å². The van der Waals surface area contributed by atoms with Crippen LogP contribution in [0.5, 0.6) is 5.75 Å². The summed E-state index contributed by atoms with van der Waals surface area (Å²) in [5.41, 5.74) is 3.96. The van der Waals surface area contributed by atoms with Crippen molar-refractivity contribution >= 4 is 27.4 Å². The molecule has 0 saturated carbocycles. The molecule has 0 fully saturated rings. The monoisotopic (exact) mass is 366 g/mol. The normalized spacial score (nSPS) is 11.9. The maximum Gasteiger partial charge on any atom is 0.310 e. The van der Waals surface area contributed by atoms with E-state index in [0.717, 1.165) is 21.7 Å². The largest absolute Gasteiger partial charge is 0.489 e. The van der Waals surface area contributed by atoms with Crippen LogP contribution in [0.25, 0.3) is 10.1 Å². The highest BCUT2D eigenvalue weighted by molar-refractivity contribution is 7.17. The highest BCUT2D eigenvalue weighted by atomic mass is 32.1. The number of rotatable bonds is 5. The van der Waals surface area contributed by atoms with E-state index in [4.69, 9.17) is 4.74 Å². The minimum Gasteiger partial charge on any atom is -0.489 e. The van der Waals surface area contributed by atoms with Crippen LogP contribution in [-0.2, 0) is 11.4 Å². The van der Waals surface area contributed by atoms with Crippen LogP contribution >= 0.6 is 11.3 Å². The van der Waals surface area contributed by atoms with Crippen LogP contribution in [0.2, 0.25) is 0 Å². The quantitative estimate of drug-likeness (QED) is 0.716.